The summed E-state index contributed by atoms with van der Waals surface area (Å²) in [5.74, 6) is -1.96. The van der Waals surface area contributed by atoms with Gasteiger partial charge in [0.25, 0.3) is 0 Å². The summed E-state index contributed by atoms with van der Waals surface area (Å²) in [5.41, 5.74) is 0. The molecule has 6 N–H and O–H groups in total. The number of carbonyl (C=O) groups excluding carboxylic acids is 1. The van der Waals surface area contributed by atoms with Crippen LogP contribution < -0.4 is 0 Å². The van der Waals surface area contributed by atoms with E-state index in [1.54, 1.807) is 0 Å². The average molecular weight is 294 g/mol. The molecule has 118 valence electrons. The van der Waals surface area contributed by atoms with Crippen LogP contribution in [0.5, 0.6) is 0 Å². The molecule has 4 atom stereocenters. The van der Waals surface area contributed by atoms with Gasteiger partial charge in [-0.2, -0.15) is 0 Å². The third-order valence-electron chi connectivity index (χ3n) is 2.89. The van der Waals surface area contributed by atoms with Gasteiger partial charge in [-0.1, -0.05) is 12.8 Å². The van der Waals surface area contributed by atoms with Crippen molar-refractivity contribution >= 4 is 11.8 Å². The van der Waals surface area contributed by atoms with Gasteiger partial charge < -0.3 is 30.6 Å². The zero-order valence-electron chi connectivity index (χ0n) is 11.1. The van der Waals surface area contributed by atoms with Crippen LogP contribution in [0, 0.1) is 0 Å². The molecule has 20 heavy (non-hydrogen) atoms. The molecule has 0 aliphatic carbocycles. The van der Waals surface area contributed by atoms with Crippen molar-refractivity contribution in [1.82, 2.24) is 0 Å². The van der Waals surface area contributed by atoms with Crippen LogP contribution in [0.15, 0.2) is 0 Å². The number of Topliss-reactive ketones (excluding diaryl/α,β-unsaturated/α-hetero) is 1. The third kappa shape index (κ3) is 6.92. The molecule has 0 saturated carbocycles. The molecule has 0 radical (unpaired) electrons. The Hall–Kier alpha value is -1.06. The summed E-state index contributed by atoms with van der Waals surface area (Å²) >= 11 is 0. The quantitative estimate of drug-likeness (QED) is 0.240. The first-order valence-electron chi connectivity index (χ1n) is 6.39. The number of carboxylic acid groups (broad SMARTS) is 1. The Morgan fingerprint density at radius 2 is 1.55 bits per heavy atom. The van der Waals surface area contributed by atoms with Crippen LogP contribution in [-0.2, 0) is 9.59 Å². The molecule has 0 amide bonds. The van der Waals surface area contributed by atoms with Gasteiger partial charge in [0.1, 0.15) is 24.4 Å². The molecule has 0 aliphatic rings. The lowest BCUT2D eigenvalue weighted by molar-refractivity contribution is -0.148. The summed E-state index contributed by atoms with van der Waals surface area (Å²) < 4.78 is 0. The molecule has 0 heterocycles. The van der Waals surface area contributed by atoms with Crippen molar-refractivity contribution in [2.24, 2.45) is 0 Å². The highest BCUT2D eigenvalue weighted by Crippen LogP contribution is 2.10. The SMILES string of the molecule is O=C(O)CCCCCC(O)C(=O)[C@@H](O)[C@H](O)[C@H](O)CO. The number of aliphatic hydroxyl groups is 5. The van der Waals surface area contributed by atoms with E-state index >= 15 is 0 Å². The zero-order valence-corrected chi connectivity index (χ0v) is 11.1. The first kappa shape index (κ1) is 18.9. The fraction of sp³-hybridized carbons (Fsp3) is 0.833. The van der Waals surface area contributed by atoms with Gasteiger partial charge in [0.15, 0.2) is 5.78 Å². The number of unbranched alkanes of at least 4 members (excludes halogenated alkanes) is 2. The highest BCUT2D eigenvalue weighted by atomic mass is 16.4. The van der Waals surface area contributed by atoms with Gasteiger partial charge in [0.2, 0.25) is 0 Å². The standard InChI is InChI=1S/C12H22O8/c13-6-8(15)11(19)12(20)10(18)7(14)4-2-1-3-5-9(16)17/h7-8,11-15,19-20H,1-6H2,(H,16,17)/t7?,8-,11-,12-/m1/s1. The number of carboxylic acids is 1. The van der Waals surface area contributed by atoms with Gasteiger partial charge in [-0.3, -0.25) is 9.59 Å². The van der Waals surface area contributed by atoms with Crippen molar-refractivity contribution < 1.29 is 40.2 Å². The minimum Gasteiger partial charge on any atom is -0.481 e. The smallest absolute Gasteiger partial charge is 0.303 e. The van der Waals surface area contributed by atoms with E-state index in [0.29, 0.717) is 19.3 Å². The number of ketones is 1. The Labute approximate surface area is 116 Å². The summed E-state index contributed by atoms with van der Waals surface area (Å²) in [7, 11) is 0. The second-order valence-electron chi connectivity index (χ2n) is 4.60. The van der Waals surface area contributed by atoms with Gasteiger partial charge in [-0.25, -0.2) is 0 Å². The summed E-state index contributed by atoms with van der Waals surface area (Å²) in [6, 6.07) is 0. The van der Waals surface area contributed by atoms with Crippen LogP contribution in [0.4, 0.5) is 0 Å². The number of carbonyl (C=O) groups is 2. The lowest BCUT2D eigenvalue weighted by Gasteiger charge is -2.22. The molecule has 0 aromatic heterocycles. The Kier molecular flexibility index (Phi) is 9.26. The maximum absolute atomic E-state index is 11.5. The number of aliphatic carboxylic acids is 1. The fourth-order valence-electron chi connectivity index (χ4n) is 1.62. The summed E-state index contributed by atoms with van der Waals surface area (Å²) in [6.07, 6.45) is -5.66. The maximum Gasteiger partial charge on any atom is 0.303 e. The topological polar surface area (TPSA) is 156 Å². The molecule has 0 aromatic rings. The second kappa shape index (κ2) is 9.78. The van der Waals surface area contributed by atoms with Crippen LogP contribution in [-0.4, -0.2) is 73.4 Å². The molecule has 0 fully saturated rings. The minimum absolute atomic E-state index is 0.00801. The molecule has 0 aliphatic heterocycles. The summed E-state index contributed by atoms with van der Waals surface area (Å²) in [4.78, 5) is 21.8. The molecule has 0 rings (SSSR count). The summed E-state index contributed by atoms with van der Waals surface area (Å²) in [6.45, 7) is -0.823. The number of hydrogen-bond acceptors (Lipinski definition) is 7. The molecule has 8 nitrogen and oxygen atoms in total. The van der Waals surface area contributed by atoms with Crippen LogP contribution in [0.25, 0.3) is 0 Å². The Balaban J connectivity index is 4.04. The summed E-state index contributed by atoms with van der Waals surface area (Å²) in [5, 5.41) is 54.3. The lowest BCUT2D eigenvalue weighted by atomic mass is 9.98. The highest BCUT2D eigenvalue weighted by Gasteiger charge is 2.33. The van der Waals surface area contributed by atoms with E-state index in [1.165, 1.54) is 0 Å². The van der Waals surface area contributed by atoms with E-state index in [4.69, 9.17) is 15.3 Å². The zero-order chi connectivity index (χ0) is 15.7. The number of aliphatic hydroxyl groups excluding tert-OH is 5. The molecular weight excluding hydrogens is 272 g/mol. The van der Waals surface area contributed by atoms with Crippen molar-refractivity contribution in [1.29, 1.82) is 0 Å². The minimum atomic E-state index is -1.98. The Bertz CT molecular complexity index is 306. The van der Waals surface area contributed by atoms with E-state index in [2.05, 4.69) is 0 Å². The van der Waals surface area contributed by atoms with Gasteiger partial charge in [0, 0.05) is 6.42 Å². The van der Waals surface area contributed by atoms with Crippen LogP contribution in [0.1, 0.15) is 32.1 Å². The van der Waals surface area contributed by atoms with E-state index in [1.807, 2.05) is 0 Å². The first-order chi connectivity index (χ1) is 9.31. The largest absolute Gasteiger partial charge is 0.481 e. The molecule has 8 heteroatoms. The Morgan fingerprint density at radius 3 is 2.05 bits per heavy atom. The highest BCUT2D eigenvalue weighted by molar-refractivity contribution is 5.87. The second-order valence-corrected chi connectivity index (χ2v) is 4.60. The molecule has 1 unspecified atom stereocenters. The van der Waals surface area contributed by atoms with Crippen LogP contribution in [0.2, 0.25) is 0 Å². The predicted molar refractivity (Wildman–Crippen MR) is 66.8 cm³/mol. The molecule has 0 spiro atoms. The maximum atomic E-state index is 11.5. The van der Waals surface area contributed by atoms with E-state index in [0.717, 1.165) is 0 Å². The lowest BCUT2D eigenvalue weighted by Crippen LogP contribution is -2.47. The first-order valence-corrected chi connectivity index (χ1v) is 6.39. The van der Waals surface area contributed by atoms with Crippen LogP contribution >= 0.6 is 0 Å². The molecule has 0 saturated heterocycles. The fourth-order valence-corrected chi connectivity index (χ4v) is 1.62. The Morgan fingerprint density at radius 1 is 0.950 bits per heavy atom. The van der Waals surface area contributed by atoms with Gasteiger partial charge >= 0.3 is 5.97 Å². The van der Waals surface area contributed by atoms with Crippen LogP contribution in [0.3, 0.4) is 0 Å². The van der Waals surface area contributed by atoms with Crippen molar-refractivity contribution in [3.05, 3.63) is 0 Å². The predicted octanol–water partition coefficient (Wildman–Crippen LogP) is -1.97. The molecule has 0 aromatic carbocycles. The van der Waals surface area contributed by atoms with Crippen molar-refractivity contribution in [2.75, 3.05) is 6.61 Å². The molecular formula is C12H22O8. The third-order valence-corrected chi connectivity index (χ3v) is 2.89. The van der Waals surface area contributed by atoms with Gasteiger partial charge in [-0.15, -0.1) is 0 Å². The molecule has 0 bridgehead atoms. The van der Waals surface area contributed by atoms with Crippen molar-refractivity contribution in [3.63, 3.8) is 0 Å². The van der Waals surface area contributed by atoms with Crippen molar-refractivity contribution in [2.45, 2.75) is 56.5 Å². The van der Waals surface area contributed by atoms with Gasteiger partial charge in [-0.05, 0) is 12.8 Å². The van der Waals surface area contributed by atoms with E-state index in [-0.39, 0.29) is 12.8 Å². The van der Waals surface area contributed by atoms with Crippen molar-refractivity contribution in [3.8, 4) is 0 Å². The van der Waals surface area contributed by atoms with Gasteiger partial charge in [0.05, 0.1) is 6.61 Å². The number of rotatable bonds is 11. The normalized spacial score (nSPS) is 17.2. The average Bonchev–Trinajstić information content (AvgIpc) is 2.42. The van der Waals surface area contributed by atoms with E-state index in [9.17, 15) is 24.9 Å². The number of hydrogen-bond donors (Lipinski definition) is 6. The monoisotopic (exact) mass is 294 g/mol. The van der Waals surface area contributed by atoms with E-state index < -0.39 is 42.8 Å².